The third kappa shape index (κ3) is 3.83. The summed E-state index contributed by atoms with van der Waals surface area (Å²) in [4.78, 5) is 25.5. The highest BCUT2D eigenvalue weighted by atomic mass is 16.5. The second kappa shape index (κ2) is 6.55. The fourth-order valence-electron chi connectivity index (χ4n) is 2.25. The van der Waals surface area contributed by atoms with Crippen LogP contribution >= 0.6 is 0 Å². The van der Waals surface area contributed by atoms with Crippen LogP contribution in [-0.2, 0) is 9.53 Å². The van der Waals surface area contributed by atoms with Gasteiger partial charge in [-0.1, -0.05) is 24.6 Å². The smallest absolute Gasteiger partial charge is 0.338 e. The summed E-state index contributed by atoms with van der Waals surface area (Å²) in [7, 11) is 0. The predicted molar refractivity (Wildman–Crippen MR) is 76.4 cm³/mol. The fraction of sp³-hybridized carbons (Fsp3) is 0.500. The van der Waals surface area contributed by atoms with E-state index in [1.807, 2.05) is 19.1 Å². The minimum absolute atomic E-state index is 0.0997. The van der Waals surface area contributed by atoms with Gasteiger partial charge in [0.25, 0.3) is 5.91 Å². The van der Waals surface area contributed by atoms with E-state index < -0.39 is 5.97 Å². The Morgan fingerprint density at radius 1 is 1.20 bits per heavy atom. The molecule has 1 saturated heterocycles. The number of hydrogen-bond donors (Lipinski definition) is 0. The van der Waals surface area contributed by atoms with Crippen LogP contribution in [0.25, 0.3) is 0 Å². The van der Waals surface area contributed by atoms with Crippen molar-refractivity contribution in [3.05, 3.63) is 35.4 Å². The number of amides is 1. The molecule has 1 fully saturated rings. The highest BCUT2D eigenvalue weighted by Gasteiger charge is 2.21. The van der Waals surface area contributed by atoms with E-state index in [0.29, 0.717) is 11.5 Å². The molecule has 0 unspecified atom stereocenters. The topological polar surface area (TPSA) is 46.6 Å². The molecule has 1 heterocycles. The molecule has 1 aromatic rings. The van der Waals surface area contributed by atoms with Gasteiger partial charge in [0.2, 0.25) is 0 Å². The van der Waals surface area contributed by atoms with Gasteiger partial charge in [-0.3, -0.25) is 4.79 Å². The number of hydrogen-bond acceptors (Lipinski definition) is 3. The van der Waals surface area contributed by atoms with Gasteiger partial charge in [0, 0.05) is 13.1 Å². The van der Waals surface area contributed by atoms with Crippen LogP contribution in [-0.4, -0.2) is 36.5 Å². The molecule has 0 bridgehead atoms. The quantitative estimate of drug-likeness (QED) is 0.796. The van der Waals surface area contributed by atoms with Gasteiger partial charge in [-0.05, 0) is 37.8 Å². The Balaban J connectivity index is 1.81. The molecule has 2 rings (SSSR count). The van der Waals surface area contributed by atoms with Crippen LogP contribution in [0.2, 0.25) is 0 Å². The van der Waals surface area contributed by atoms with Gasteiger partial charge in [-0.15, -0.1) is 0 Å². The van der Waals surface area contributed by atoms with Gasteiger partial charge in [0.05, 0.1) is 5.56 Å². The molecule has 0 aliphatic carbocycles. The van der Waals surface area contributed by atoms with Crippen molar-refractivity contribution in [3.63, 3.8) is 0 Å². The summed E-state index contributed by atoms with van der Waals surface area (Å²) in [5.41, 5.74) is 1.57. The number of aryl methyl sites for hydroxylation is 1. The Hall–Kier alpha value is -1.84. The number of benzene rings is 1. The summed E-state index contributed by atoms with van der Waals surface area (Å²) in [5, 5.41) is 0. The normalized spacial score (nSPS) is 16.0. The lowest BCUT2D eigenvalue weighted by atomic mass is 9.99. The van der Waals surface area contributed by atoms with Crippen LogP contribution in [0.1, 0.15) is 35.7 Å². The van der Waals surface area contributed by atoms with Crippen molar-refractivity contribution >= 4 is 11.9 Å². The van der Waals surface area contributed by atoms with Crippen LogP contribution < -0.4 is 0 Å². The average molecular weight is 275 g/mol. The molecule has 20 heavy (non-hydrogen) atoms. The number of ether oxygens (including phenoxy) is 1. The van der Waals surface area contributed by atoms with Gasteiger partial charge in [0.1, 0.15) is 0 Å². The van der Waals surface area contributed by atoms with Gasteiger partial charge >= 0.3 is 5.97 Å². The molecule has 0 radical (unpaired) electrons. The Morgan fingerprint density at radius 2 is 1.80 bits per heavy atom. The lowest BCUT2D eigenvalue weighted by Gasteiger charge is -2.30. The van der Waals surface area contributed by atoms with Gasteiger partial charge in [-0.2, -0.15) is 0 Å². The number of carbonyl (C=O) groups excluding carboxylic acids is 2. The first kappa shape index (κ1) is 14.6. The van der Waals surface area contributed by atoms with Crippen LogP contribution in [0, 0.1) is 12.8 Å². The molecule has 1 amide bonds. The summed E-state index contributed by atoms with van der Waals surface area (Å²) in [5.74, 6) is 0.134. The zero-order valence-electron chi connectivity index (χ0n) is 12.1. The summed E-state index contributed by atoms with van der Waals surface area (Å²) in [6, 6.07) is 7.13. The summed E-state index contributed by atoms with van der Waals surface area (Å²) in [6.45, 7) is 5.51. The molecule has 1 aliphatic rings. The number of likely N-dealkylation sites (tertiary alicyclic amines) is 1. The molecule has 1 aromatic carbocycles. The third-order valence-corrected chi connectivity index (χ3v) is 3.75. The first-order chi connectivity index (χ1) is 9.56. The molecule has 0 atom stereocenters. The van der Waals surface area contributed by atoms with Crippen molar-refractivity contribution in [3.8, 4) is 0 Å². The number of esters is 1. The summed E-state index contributed by atoms with van der Waals surface area (Å²) >= 11 is 0. The molecular weight excluding hydrogens is 254 g/mol. The zero-order chi connectivity index (χ0) is 14.5. The molecule has 0 spiro atoms. The van der Waals surface area contributed by atoms with E-state index >= 15 is 0 Å². The van der Waals surface area contributed by atoms with E-state index in [1.54, 1.807) is 17.0 Å². The van der Waals surface area contributed by atoms with E-state index in [1.165, 1.54) is 0 Å². The Bertz CT molecular complexity index is 473. The highest BCUT2D eigenvalue weighted by molar-refractivity contribution is 5.91. The van der Waals surface area contributed by atoms with Crippen LogP contribution in [0.4, 0.5) is 0 Å². The van der Waals surface area contributed by atoms with Gasteiger partial charge < -0.3 is 9.64 Å². The SMILES string of the molecule is Cc1ccc(C(=O)OCC(=O)N2CCC(C)CC2)cc1. The second-order valence-corrected chi connectivity index (χ2v) is 5.51. The molecular formula is C16H21NO3. The lowest BCUT2D eigenvalue weighted by Crippen LogP contribution is -2.40. The Morgan fingerprint density at radius 3 is 2.40 bits per heavy atom. The third-order valence-electron chi connectivity index (χ3n) is 3.75. The van der Waals surface area contributed by atoms with Gasteiger partial charge in [0.15, 0.2) is 6.61 Å². The molecule has 4 heteroatoms. The molecule has 0 N–H and O–H groups in total. The van der Waals surface area contributed by atoms with Crippen molar-refractivity contribution in [2.75, 3.05) is 19.7 Å². The monoisotopic (exact) mass is 275 g/mol. The Labute approximate surface area is 119 Å². The van der Waals surface area contributed by atoms with Crippen molar-refractivity contribution in [1.29, 1.82) is 0 Å². The van der Waals surface area contributed by atoms with Crippen molar-refractivity contribution in [1.82, 2.24) is 4.90 Å². The first-order valence-electron chi connectivity index (χ1n) is 7.08. The van der Waals surface area contributed by atoms with Crippen LogP contribution in [0.3, 0.4) is 0 Å². The van der Waals surface area contributed by atoms with E-state index in [9.17, 15) is 9.59 Å². The zero-order valence-corrected chi connectivity index (χ0v) is 12.1. The number of nitrogens with zero attached hydrogens (tertiary/aromatic N) is 1. The average Bonchev–Trinajstić information content (AvgIpc) is 2.46. The van der Waals surface area contributed by atoms with E-state index in [2.05, 4.69) is 6.92 Å². The minimum atomic E-state index is -0.441. The van der Waals surface area contributed by atoms with E-state index in [0.717, 1.165) is 31.5 Å². The summed E-state index contributed by atoms with van der Waals surface area (Å²) in [6.07, 6.45) is 2.05. The van der Waals surface area contributed by atoms with Gasteiger partial charge in [-0.25, -0.2) is 4.79 Å². The molecule has 0 aromatic heterocycles. The van der Waals surface area contributed by atoms with Crippen LogP contribution in [0.15, 0.2) is 24.3 Å². The van der Waals surface area contributed by atoms with E-state index in [4.69, 9.17) is 4.74 Å². The summed E-state index contributed by atoms with van der Waals surface area (Å²) < 4.78 is 5.08. The first-order valence-corrected chi connectivity index (χ1v) is 7.08. The van der Waals surface area contributed by atoms with Crippen molar-refractivity contribution in [2.45, 2.75) is 26.7 Å². The maximum atomic E-state index is 11.9. The fourth-order valence-corrected chi connectivity index (χ4v) is 2.25. The standard InChI is InChI=1S/C16H21NO3/c1-12-3-5-14(6-4-12)16(19)20-11-15(18)17-9-7-13(2)8-10-17/h3-6,13H,7-11H2,1-2H3. The maximum absolute atomic E-state index is 11.9. The Kier molecular flexibility index (Phi) is 4.77. The van der Waals surface area contributed by atoms with Crippen molar-refractivity contribution in [2.24, 2.45) is 5.92 Å². The minimum Gasteiger partial charge on any atom is -0.452 e. The van der Waals surface area contributed by atoms with Crippen molar-refractivity contribution < 1.29 is 14.3 Å². The molecule has 108 valence electrons. The second-order valence-electron chi connectivity index (χ2n) is 5.51. The largest absolute Gasteiger partial charge is 0.452 e. The number of carbonyl (C=O) groups is 2. The number of piperidine rings is 1. The van der Waals surface area contributed by atoms with Crippen LogP contribution in [0.5, 0.6) is 0 Å². The number of rotatable bonds is 3. The highest BCUT2D eigenvalue weighted by Crippen LogP contribution is 2.16. The van der Waals surface area contributed by atoms with E-state index in [-0.39, 0.29) is 12.5 Å². The molecule has 0 saturated carbocycles. The molecule has 4 nitrogen and oxygen atoms in total. The maximum Gasteiger partial charge on any atom is 0.338 e. The molecule has 1 aliphatic heterocycles. The predicted octanol–water partition coefficient (Wildman–Crippen LogP) is 2.41. The lowest BCUT2D eigenvalue weighted by molar-refractivity contribution is -0.135.